The lowest BCUT2D eigenvalue weighted by atomic mass is 10.0. The van der Waals surface area contributed by atoms with Crippen LogP contribution < -0.4 is 20.7 Å². The SMILES string of the molecule is c1ccc(-c2ccc3c(c2)c2ccccc2n3-c2cccc3c4ccccc4n(-c4ccc5c6ccccc6n(-c6cccc([Si](c7ccccc7)(c7ccccc7)c7ccccc7)c6)c5c4)c23)cc1. The number of fused-ring (bicyclic) bond motifs is 9. The average molecular weight is 908 g/mol. The Morgan fingerprint density at radius 1 is 0.229 bits per heavy atom. The zero-order chi connectivity index (χ0) is 46.2. The normalized spacial score (nSPS) is 12.0. The Balaban J connectivity index is 1.03. The van der Waals surface area contributed by atoms with Gasteiger partial charge in [0.05, 0.1) is 38.8 Å². The third-order valence-corrected chi connectivity index (χ3v) is 19.5. The van der Waals surface area contributed by atoms with Gasteiger partial charge in [0.25, 0.3) is 0 Å². The molecule has 0 aliphatic heterocycles. The first kappa shape index (κ1) is 40.1. The van der Waals surface area contributed by atoms with Crippen LogP contribution in [0.4, 0.5) is 0 Å². The van der Waals surface area contributed by atoms with E-state index in [9.17, 15) is 0 Å². The fourth-order valence-electron chi connectivity index (χ4n) is 11.8. The van der Waals surface area contributed by atoms with Gasteiger partial charge in [-0.05, 0) is 92.5 Å². The molecule has 0 N–H and O–H groups in total. The standard InChI is InChI=1S/C66H45N3Si/c1-5-21-46(22-6-1)47-39-42-63-59(43-47)56-33-15-18-37-62(56)69(63)64-38-20-34-58-55-32-14-17-36-61(55)68(66(58)64)49-40-41-57-54-31-13-16-35-60(54)67(65(57)45-49)48-23-19-30-53(44-48)70(50-24-7-2-8-25-50,51-26-9-3-10-27-51)52-28-11-4-12-29-52/h1-45H. The molecule has 3 aromatic heterocycles. The largest absolute Gasteiger partial charge is 0.309 e. The molecular weight excluding hydrogens is 863 g/mol. The number of hydrogen-bond donors (Lipinski definition) is 0. The Morgan fingerprint density at radius 2 is 0.686 bits per heavy atom. The summed E-state index contributed by atoms with van der Waals surface area (Å²) in [5.74, 6) is 0. The smallest absolute Gasteiger partial charge is 0.179 e. The van der Waals surface area contributed by atoms with Gasteiger partial charge < -0.3 is 13.7 Å². The van der Waals surface area contributed by atoms with Gasteiger partial charge in [0, 0.05) is 43.7 Å². The molecule has 3 nitrogen and oxygen atoms in total. The maximum absolute atomic E-state index is 2.81. The summed E-state index contributed by atoms with van der Waals surface area (Å²) < 4.78 is 7.50. The Bertz CT molecular complexity index is 4180. The highest BCUT2D eigenvalue weighted by Gasteiger charge is 2.41. The average Bonchev–Trinajstić information content (AvgIpc) is 4.08. The number of benzene rings is 11. The maximum atomic E-state index is 2.51. The van der Waals surface area contributed by atoms with Crippen molar-refractivity contribution in [1.29, 1.82) is 0 Å². The number of rotatable bonds is 8. The topological polar surface area (TPSA) is 14.8 Å². The van der Waals surface area contributed by atoms with E-state index in [1.165, 1.54) is 91.8 Å². The van der Waals surface area contributed by atoms with Crippen molar-refractivity contribution in [2.24, 2.45) is 0 Å². The molecule has 14 rings (SSSR count). The van der Waals surface area contributed by atoms with Crippen molar-refractivity contribution in [2.75, 3.05) is 0 Å². The zero-order valence-corrected chi connectivity index (χ0v) is 39.3. The molecule has 0 aliphatic rings. The molecule has 0 unspecified atom stereocenters. The van der Waals surface area contributed by atoms with Crippen molar-refractivity contribution in [3.63, 3.8) is 0 Å². The predicted octanol–water partition coefficient (Wildman–Crippen LogP) is 14.0. The molecule has 4 heteroatoms. The molecule has 3 heterocycles. The van der Waals surface area contributed by atoms with Gasteiger partial charge in [-0.3, -0.25) is 0 Å². The second-order valence-electron chi connectivity index (χ2n) is 18.4. The highest BCUT2D eigenvalue weighted by Crippen LogP contribution is 2.42. The quantitative estimate of drug-likeness (QED) is 0.107. The van der Waals surface area contributed by atoms with E-state index in [4.69, 9.17) is 0 Å². The van der Waals surface area contributed by atoms with E-state index < -0.39 is 8.07 Å². The van der Waals surface area contributed by atoms with Crippen LogP contribution >= 0.6 is 0 Å². The molecule has 0 fully saturated rings. The minimum atomic E-state index is -2.81. The van der Waals surface area contributed by atoms with E-state index in [0.717, 1.165) is 22.6 Å². The third kappa shape index (κ3) is 6.00. The Labute approximate surface area is 407 Å². The molecule has 0 atom stereocenters. The molecule has 0 saturated carbocycles. The molecule has 70 heavy (non-hydrogen) atoms. The molecule has 0 radical (unpaired) electrons. The van der Waals surface area contributed by atoms with E-state index in [2.05, 4.69) is 287 Å². The van der Waals surface area contributed by atoms with Crippen LogP contribution in [0.25, 0.3) is 93.6 Å². The van der Waals surface area contributed by atoms with Crippen molar-refractivity contribution in [3.05, 3.63) is 273 Å². The molecule has 0 amide bonds. The van der Waals surface area contributed by atoms with Gasteiger partial charge >= 0.3 is 0 Å². The highest BCUT2D eigenvalue weighted by atomic mass is 28.3. The van der Waals surface area contributed by atoms with Gasteiger partial charge in [0.1, 0.15) is 0 Å². The van der Waals surface area contributed by atoms with Gasteiger partial charge in [-0.25, -0.2) is 0 Å². The second-order valence-corrected chi connectivity index (χ2v) is 22.2. The highest BCUT2D eigenvalue weighted by molar-refractivity contribution is 7.19. The maximum Gasteiger partial charge on any atom is 0.179 e. The van der Waals surface area contributed by atoms with Crippen molar-refractivity contribution in [1.82, 2.24) is 13.7 Å². The Kier molecular flexibility index (Phi) is 9.23. The number of aromatic nitrogens is 3. The lowest BCUT2D eigenvalue weighted by Crippen LogP contribution is -2.74. The molecule has 0 spiro atoms. The van der Waals surface area contributed by atoms with Crippen LogP contribution in [0.1, 0.15) is 0 Å². The van der Waals surface area contributed by atoms with Crippen molar-refractivity contribution in [3.8, 4) is 28.2 Å². The summed E-state index contributed by atoms with van der Waals surface area (Å²) in [4.78, 5) is 0. The van der Waals surface area contributed by atoms with E-state index >= 15 is 0 Å². The number of hydrogen-bond acceptors (Lipinski definition) is 0. The molecule has 11 aromatic carbocycles. The van der Waals surface area contributed by atoms with E-state index in [1.54, 1.807) is 0 Å². The van der Waals surface area contributed by atoms with Crippen LogP contribution in [0.3, 0.4) is 0 Å². The fraction of sp³-hybridized carbons (Fsp3) is 0. The summed E-state index contributed by atoms with van der Waals surface area (Å²) in [6, 6.07) is 101. The first-order chi connectivity index (χ1) is 34.8. The van der Waals surface area contributed by atoms with Crippen LogP contribution in [0.15, 0.2) is 273 Å². The van der Waals surface area contributed by atoms with Crippen LogP contribution in [0.2, 0.25) is 0 Å². The van der Waals surface area contributed by atoms with Crippen LogP contribution in [0.5, 0.6) is 0 Å². The van der Waals surface area contributed by atoms with Crippen molar-refractivity contribution in [2.45, 2.75) is 0 Å². The number of para-hydroxylation sites is 4. The van der Waals surface area contributed by atoms with Gasteiger partial charge in [0.15, 0.2) is 8.07 Å². The summed E-state index contributed by atoms with van der Waals surface area (Å²) >= 11 is 0. The van der Waals surface area contributed by atoms with Crippen molar-refractivity contribution >= 4 is 94.2 Å². The predicted molar refractivity (Wildman–Crippen MR) is 299 cm³/mol. The minimum absolute atomic E-state index is 1.11. The summed E-state index contributed by atoms with van der Waals surface area (Å²) in [7, 11) is -2.81. The molecule has 0 bridgehead atoms. The second kappa shape index (κ2) is 16.1. The minimum Gasteiger partial charge on any atom is -0.309 e. The zero-order valence-electron chi connectivity index (χ0n) is 38.3. The van der Waals surface area contributed by atoms with Crippen LogP contribution in [-0.2, 0) is 0 Å². The van der Waals surface area contributed by atoms with Gasteiger partial charge in [-0.1, -0.05) is 212 Å². The van der Waals surface area contributed by atoms with Crippen LogP contribution in [0, 0.1) is 0 Å². The van der Waals surface area contributed by atoms with Gasteiger partial charge in [0.2, 0.25) is 0 Å². The van der Waals surface area contributed by atoms with Gasteiger partial charge in [-0.15, -0.1) is 0 Å². The monoisotopic (exact) mass is 907 g/mol. The Hall–Kier alpha value is -8.96. The van der Waals surface area contributed by atoms with Crippen LogP contribution in [-0.4, -0.2) is 21.8 Å². The Morgan fingerprint density at radius 3 is 1.33 bits per heavy atom. The summed E-state index contributed by atoms with van der Waals surface area (Å²) in [5.41, 5.74) is 12.9. The van der Waals surface area contributed by atoms with Crippen molar-refractivity contribution < 1.29 is 0 Å². The summed E-state index contributed by atoms with van der Waals surface area (Å²) in [6.07, 6.45) is 0. The van der Waals surface area contributed by atoms with E-state index in [1.807, 2.05) is 0 Å². The number of nitrogens with zero attached hydrogens (tertiary/aromatic N) is 3. The first-order valence-corrected chi connectivity index (χ1v) is 26.2. The fourth-order valence-corrected chi connectivity index (χ4v) is 16.6. The lowest BCUT2D eigenvalue weighted by Gasteiger charge is -2.34. The van der Waals surface area contributed by atoms with Gasteiger partial charge in [-0.2, -0.15) is 0 Å². The molecule has 14 aromatic rings. The molecule has 0 aliphatic carbocycles. The first-order valence-electron chi connectivity index (χ1n) is 24.2. The summed E-state index contributed by atoms with van der Waals surface area (Å²) in [5, 5.41) is 12.8. The molecule has 328 valence electrons. The molecule has 0 saturated heterocycles. The summed E-state index contributed by atoms with van der Waals surface area (Å²) in [6.45, 7) is 0. The van der Waals surface area contributed by atoms with E-state index in [0.29, 0.717) is 0 Å². The lowest BCUT2D eigenvalue weighted by molar-refractivity contribution is 1.13. The molecular formula is C66H45N3Si. The third-order valence-electron chi connectivity index (χ3n) is 14.8. The van der Waals surface area contributed by atoms with E-state index in [-0.39, 0.29) is 0 Å².